The van der Waals surface area contributed by atoms with Crippen molar-refractivity contribution in [2.45, 2.75) is 39.7 Å². The van der Waals surface area contributed by atoms with E-state index in [1.807, 2.05) is 14.0 Å². The molecule has 0 radical (unpaired) electrons. The molecule has 2 rings (SSSR count). The lowest BCUT2D eigenvalue weighted by Gasteiger charge is -2.34. The van der Waals surface area contributed by atoms with Gasteiger partial charge in [-0.25, -0.2) is 9.97 Å². The molecule has 0 aliphatic carbocycles. The zero-order valence-electron chi connectivity index (χ0n) is 12.4. The molecule has 0 saturated carbocycles. The van der Waals surface area contributed by atoms with Crippen LogP contribution in [-0.4, -0.2) is 42.8 Å². The van der Waals surface area contributed by atoms with E-state index < -0.39 is 0 Å². The van der Waals surface area contributed by atoms with E-state index >= 15 is 0 Å². The van der Waals surface area contributed by atoms with Gasteiger partial charge in [-0.2, -0.15) is 0 Å². The molecule has 1 atom stereocenters. The maximum atomic E-state index is 5.76. The van der Waals surface area contributed by atoms with Gasteiger partial charge in [-0.05, 0) is 33.6 Å². The summed E-state index contributed by atoms with van der Waals surface area (Å²) in [6.45, 7) is 8.82. The van der Waals surface area contributed by atoms with Crippen molar-refractivity contribution < 1.29 is 4.74 Å². The molecular weight excluding hydrogens is 240 g/mol. The van der Waals surface area contributed by atoms with Crippen molar-refractivity contribution in [1.82, 2.24) is 9.97 Å². The molecule has 0 bridgehead atoms. The first kappa shape index (κ1) is 14.1. The van der Waals surface area contributed by atoms with E-state index in [1.165, 1.54) is 0 Å². The minimum absolute atomic E-state index is 0.325. The zero-order valence-corrected chi connectivity index (χ0v) is 12.4. The van der Waals surface area contributed by atoms with Gasteiger partial charge in [0.05, 0.1) is 6.10 Å². The number of anilines is 2. The van der Waals surface area contributed by atoms with Crippen LogP contribution in [0.2, 0.25) is 0 Å². The summed E-state index contributed by atoms with van der Waals surface area (Å²) in [5, 5.41) is 3.14. The van der Waals surface area contributed by atoms with Crippen LogP contribution in [0.1, 0.15) is 31.2 Å². The van der Waals surface area contributed by atoms with Crippen LogP contribution in [0.25, 0.3) is 0 Å². The number of rotatable bonds is 4. The first-order valence-corrected chi connectivity index (χ1v) is 7.05. The van der Waals surface area contributed by atoms with Crippen molar-refractivity contribution in [3.8, 4) is 0 Å². The van der Waals surface area contributed by atoms with Crippen LogP contribution in [-0.2, 0) is 4.74 Å². The molecule has 1 N–H and O–H groups in total. The molecule has 0 spiro atoms. The molecule has 5 heteroatoms. The molecule has 19 heavy (non-hydrogen) atoms. The summed E-state index contributed by atoms with van der Waals surface area (Å²) in [7, 11) is 1.90. The number of hydrogen-bond donors (Lipinski definition) is 1. The first-order valence-electron chi connectivity index (χ1n) is 7.05. The van der Waals surface area contributed by atoms with Gasteiger partial charge in [-0.15, -0.1) is 0 Å². The molecule has 0 aromatic carbocycles. The lowest BCUT2D eigenvalue weighted by molar-refractivity contribution is 0.0525. The fraction of sp³-hybridized carbons (Fsp3) is 0.714. The molecule has 0 amide bonds. The van der Waals surface area contributed by atoms with E-state index in [1.54, 1.807) is 0 Å². The second-order valence-corrected chi connectivity index (χ2v) is 4.98. The Balaban J connectivity index is 2.23. The van der Waals surface area contributed by atoms with Crippen LogP contribution in [0.15, 0.2) is 0 Å². The number of aromatic nitrogens is 2. The largest absolute Gasteiger partial charge is 0.377 e. The van der Waals surface area contributed by atoms with Crippen molar-refractivity contribution in [2.24, 2.45) is 0 Å². The number of piperidine rings is 1. The van der Waals surface area contributed by atoms with Crippen LogP contribution >= 0.6 is 0 Å². The second-order valence-electron chi connectivity index (χ2n) is 4.98. The van der Waals surface area contributed by atoms with E-state index in [-0.39, 0.29) is 0 Å². The average molecular weight is 264 g/mol. The Morgan fingerprint density at radius 3 is 2.84 bits per heavy atom. The van der Waals surface area contributed by atoms with E-state index in [9.17, 15) is 0 Å². The van der Waals surface area contributed by atoms with Crippen molar-refractivity contribution in [2.75, 3.05) is 37.0 Å². The molecule has 1 saturated heterocycles. The maximum absolute atomic E-state index is 5.76. The molecular formula is C14H24N4O. The predicted octanol–water partition coefficient (Wildman–Crippen LogP) is 2.14. The highest BCUT2D eigenvalue weighted by Gasteiger charge is 2.23. The Kier molecular flexibility index (Phi) is 4.58. The summed E-state index contributed by atoms with van der Waals surface area (Å²) >= 11 is 0. The summed E-state index contributed by atoms with van der Waals surface area (Å²) in [6, 6.07) is 0. The highest BCUT2D eigenvalue weighted by molar-refractivity contribution is 5.58. The fourth-order valence-corrected chi connectivity index (χ4v) is 2.67. The molecule has 1 unspecified atom stereocenters. The first-order chi connectivity index (χ1) is 9.15. The van der Waals surface area contributed by atoms with Crippen LogP contribution < -0.4 is 10.2 Å². The quantitative estimate of drug-likeness (QED) is 0.903. The second kappa shape index (κ2) is 6.19. The van der Waals surface area contributed by atoms with Gasteiger partial charge in [-0.1, -0.05) is 0 Å². The van der Waals surface area contributed by atoms with Gasteiger partial charge in [0.25, 0.3) is 0 Å². The molecule has 1 fully saturated rings. The summed E-state index contributed by atoms with van der Waals surface area (Å²) in [5.74, 6) is 2.77. The third-order valence-corrected chi connectivity index (χ3v) is 3.55. The van der Waals surface area contributed by atoms with Gasteiger partial charge in [0.1, 0.15) is 17.5 Å². The number of nitrogens with zero attached hydrogens (tertiary/aromatic N) is 3. The maximum Gasteiger partial charge on any atom is 0.137 e. The smallest absolute Gasteiger partial charge is 0.137 e. The minimum atomic E-state index is 0.325. The van der Waals surface area contributed by atoms with E-state index in [4.69, 9.17) is 4.74 Å². The van der Waals surface area contributed by atoms with Gasteiger partial charge in [0.2, 0.25) is 0 Å². The molecule has 1 aliphatic heterocycles. The topological polar surface area (TPSA) is 50.3 Å². The summed E-state index contributed by atoms with van der Waals surface area (Å²) < 4.78 is 5.76. The molecule has 2 heterocycles. The Morgan fingerprint density at radius 1 is 1.37 bits per heavy atom. The van der Waals surface area contributed by atoms with Gasteiger partial charge in [0, 0.05) is 32.3 Å². The number of hydrogen-bond acceptors (Lipinski definition) is 5. The Hall–Kier alpha value is -1.36. The molecule has 5 nitrogen and oxygen atoms in total. The normalized spacial score (nSPS) is 19.6. The van der Waals surface area contributed by atoms with Crippen LogP contribution in [0.4, 0.5) is 11.6 Å². The van der Waals surface area contributed by atoms with Gasteiger partial charge in [0.15, 0.2) is 0 Å². The lowest BCUT2D eigenvalue weighted by Crippen LogP contribution is -2.40. The van der Waals surface area contributed by atoms with Crippen molar-refractivity contribution in [3.63, 3.8) is 0 Å². The van der Waals surface area contributed by atoms with Crippen molar-refractivity contribution in [3.05, 3.63) is 11.4 Å². The van der Waals surface area contributed by atoms with E-state index in [0.29, 0.717) is 6.10 Å². The molecule has 106 valence electrons. The highest BCUT2D eigenvalue weighted by Crippen LogP contribution is 2.26. The molecule has 1 aromatic heterocycles. The third kappa shape index (κ3) is 3.15. The summed E-state index contributed by atoms with van der Waals surface area (Å²) in [6.07, 6.45) is 2.63. The Morgan fingerprint density at radius 2 is 2.16 bits per heavy atom. The van der Waals surface area contributed by atoms with Gasteiger partial charge >= 0.3 is 0 Å². The summed E-state index contributed by atoms with van der Waals surface area (Å²) in [4.78, 5) is 11.4. The minimum Gasteiger partial charge on any atom is -0.377 e. The van der Waals surface area contributed by atoms with Gasteiger partial charge < -0.3 is 15.0 Å². The van der Waals surface area contributed by atoms with Crippen LogP contribution in [0.5, 0.6) is 0 Å². The zero-order chi connectivity index (χ0) is 13.8. The lowest BCUT2D eigenvalue weighted by atomic mass is 10.1. The third-order valence-electron chi connectivity index (χ3n) is 3.55. The molecule has 1 aromatic rings. The number of ether oxygens (including phenoxy) is 1. The van der Waals surface area contributed by atoms with Crippen LogP contribution in [0, 0.1) is 13.8 Å². The van der Waals surface area contributed by atoms with Crippen molar-refractivity contribution >= 4 is 11.6 Å². The number of nitrogens with one attached hydrogen (secondary N) is 1. The number of aryl methyl sites for hydroxylation is 1. The average Bonchev–Trinajstić information content (AvgIpc) is 2.41. The van der Waals surface area contributed by atoms with Gasteiger partial charge in [-0.3, -0.25) is 0 Å². The fourth-order valence-electron chi connectivity index (χ4n) is 2.67. The van der Waals surface area contributed by atoms with E-state index in [0.717, 1.165) is 55.6 Å². The van der Waals surface area contributed by atoms with E-state index in [2.05, 4.69) is 34.0 Å². The van der Waals surface area contributed by atoms with Crippen molar-refractivity contribution in [1.29, 1.82) is 0 Å². The highest BCUT2D eigenvalue weighted by atomic mass is 16.5. The summed E-state index contributed by atoms with van der Waals surface area (Å²) in [5.41, 5.74) is 1.12. The Bertz CT molecular complexity index is 434. The monoisotopic (exact) mass is 264 g/mol. The van der Waals surface area contributed by atoms with Crippen LogP contribution in [0.3, 0.4) is 0 Å². The SMILES string of the molecule is CCOC1CCCN(c2nc(C)nc(NC)c2C)C1. The molecule has 1 aliphatic rings. The standard InChI is InChI=1S/C14H24N4O/c1-5-19-12-7-6-8-18(9-12)14-10(2)13(15-4)16-11(3)17-14/h12H,5-9H2,1-4H3,(H,15,16,17). The predicted molar refractivity (Wildman–Crippen MR) is 77.9 cm³/mol. The Labute approximate surface area is 115 Å².